The number of hydrogen-bond donors (Lipinski definition) is 2. The average Bonchev–Trinajstić information content (AvgIpc) is 2.93. The predicted octanol–water partition coefficient (Wildman–Crippen LogP) is 1.35. The number of halogens is 3. The fraction of sp³-hybridized carbons (Fsp3) is 0.750. The lowest BCUT2D eigenvalue weighted by atomic mass is 9.94. The molecule has 1 aromatic rings. The normalized spacial score (nSPS) is 18.7. The standard InChI is InChI=1S/C12H19F3N4O2S/c13-12(14,15)8-19-5-2-10(3-6-19)1-4-18-22(20,21)11-7-16-9-17-11/h7,9-10,18H,1-6,8H2,(H,16,17). The second-order valence-corrected chi connectivity index (χ2v) is 7.17. The molecule has 0 spiro atoms. The summed E-state index contributed by atoms with van der Waals surface area (Å²) < 4.78 is 63.0. The Morgan fingerprint density at radius 1 is 1.36 bits per heavy atom. The van der Waals surface area contributed by atoms with E-state index in [1.165, 1.54) is 17.4 Å². The number of nitrogens with zero attached hydrogens (tertiary/aromatic N) is 2. The molecule has 1 fully saturated rings. The number of aromatic amines is 1. The molecule has 0 aromatic carbocycles. The van der Waals surface area contributed by atoms with E-state index in [2.05, 4.69) is 14.7 Å². The van der Waals surface area contributed by atoms with Crippen molar-refractivity contribution in [1.82, 2.24) is 19.6 Å². The highest BCUT2D eigenvalue weighted by Crippen LogP contribution is 2.24. The summed E-state index contributed by atoms with van der Waals surface area (Å²) in [5, 5.41) is 0.00694. The third kappa shape index (κ3) is 5.25. The fourth-order valence-corrected chi connectivity index (χ4v) is 3.50. The van der Waals surface area contributed by atoms with Gasteiger partial charge < -0.3 is 4.98 Å². The maximum Gasteiger partial charge on any atom is 0.401 e. The molecule has 2 N–H and O–H groups in total. The van der Waals surface area contributed by atoms with Gasteiger partial charge in [0.25, 0.3) is 10.0 Å². The van der Waals surface area contributed by atoms with Crippen molar-refractivity contribution in [3.05, 3.63) is 12.5 Å². The van der Waals surface area contributed by atoms with Crippen LogP contribution in [-0.4, -0.2) is 55.6 Å². The molecule has 1 aliphatic rings. The number of piperidine rings is 1. The van der Waals surface area contributed by atoms with Gasteiger partial charge >= 0.3 is 6.18 Å². The highest BCUT2D eigenvalue weighted by Gasteiger charge is 2.32. The zero-order valence-electron chi connectivity index (χ0n) is 11.9. The average molecular weight is 340 g/mol. The van der Waals surface area contributed by atoms with Crippen molar-refractivity contribution < 1.29 is 21.6 Å². The quantitative estimate of drug-likeness (QED) is 0.819. The predicted molar refractivity (Wildman–Crippen MR) is 73.6 cm³/mol. The second-order valence-electron chi connectivity index (χ2n) is 5.44. The van der Waals surface area contributed by atoms with Crippen LogP contribution in [0.4, 0.5) is 13.2 Å². The highest BCUT2D eigenvalue weighted by atomic mass is 32.2. The minimum Gasteiger partial charge on any atom is -0.335 e. The summed E-state index contributed by atoms with van der Waals surface area (Å²) in [4.78, 5) is 7.56. The van der Waals surface area contributed by atoms with Crippen molar-refractivity contribution in [2.45, 2.75) is 30.5 Å². The third-order valence-electron chi connectivity index (χ3n) is 3.72. The van der Waals surface area contributed by atoms with Crippen molar-refractivity contribution in [2.75, 3.05) is 26.2 Å². The first-order valence-corrected chi connectivity index (χ1v) is 8.52. The van der Waals surface area contributed by atoms with E-state index >= 15 is 0 Å². The maximum atomic E-state index is 12.3. The molecule has 1 aliphatic heterocycles. The molecule has 2 rings (SSSR count). The van der Waals surface area contributed by atoms with Gasteiger partial charge in [0.2, 0.25) is 0 Å². The van der Waals surface area contributed by atoms with E-state index in [0.717, 1.165) is 0 Å². The number of aromatic nitrogens is 2. The number of rotatable bonds is 6. The zero-order valence-corrected chi connectivity index (χ0v) is 12.8. The molecular formula is C12H19F3N4O2S. The van der Waals surface area contributed by atoms with E-state index in [1.54, 1.807) is 0 Å². The molecule has 2 heterocycles. The first-order valence-electron chi connectivity index (χ1n) is 7.03. The number of likely N-dealkylation sites (tertiary alicyclic amines) is 1. The van der Waals surface area contributed by atoms with Crippen LogP contribution >= 0.6 is 0 Å². The van der Waals surface area contributed by atoms with E-state index < -0.39 is 22.7 Å². The van der Waals surface area contributed by atoms with Gasteiger partial charge in [-0.3, -0.25) is 4.90 Å². The van der Waals surface area contributed by atoms with E-state index in [-0.39, 0.29) is 17.5 Å². The molecule has 0 atom stereocenters. The second kappa shape index (κ2) is 6.97. The maximum absolute atomic E-state index is 12.3. The number of H-pyrrole nitrogens is 1. The van der Waals surface area contributed by atoms with Gasteiger partial charge in [-0.15, -0.1) is 0 Å². The lowest BCUT2D eigenvalue weighted by molar-refractivity contribution is -0.148. The SMILES string of the molecule is O=S(=O)(NCCC1CCN(CC(F)(F)F)CC1)c1cnc[nH]1. The van der Waals surface area contributed by atoms with E-state index in [4.69, 9.17) is 0 Å². The number of alkyl halides is 3. The molecule has 10 heteroatoms. The third-order valence-corrected chi connectivity index (χ3v) is 5.10. The minimum atomic E-state index is -4.16. The summed E-state index contributed by atoms with van der Waals surface area (Å²) in [5.41, 5.74) is 0. The van der Waals surface area contributed by atoms with E-state index in [9.17, 15) is 21.6 Å². The monoisotopic (exact) mass is 340 g/mol. The van der Waals surface area contributed by atoms with Crippen LogP contribution in [0.3, 0.4) is 0 Å². The molecule has 1 saturated heterocycles. The summed E-state index contributed by atoms with van der Waals surface area (Å²) in [6.45, 7) is 0.201. The van der Waals surface area contributed by atoms with Crippen molar-refractivity contribution in [3.63, 3.8) is 0 Å². The van der Waals surface area contributed by atoms with Gasteiger partial charge in [-0.05, 0) is 38.3 Å². The molecular weight excluding hydrogens is 321 g/mol. The lowest BCUT2D eigenvalue weighted by Crippen LogP contribution is -2.40. The molecule has 0 unspecified atom stereocenters. The van der Waals surface area contributed by atoms with Crippen LogP contribution < -0.4 is 4.72 Å². The van der Waals surface area contributed by atoms with Gasteiger partial charge in [0.05, 0.1) is 19.1 Å². The molecule has 6 nitrogen and oxygen atoms in total. The van der Waals surface area contributed by atoms with Crippen molar-refractivity contribution >= 4 is 10.0 Å². The smallest absolute Gasteiger partial charge is 0.335 e. The van der Waals surface area contributed by atoms with Gasteiger partial charge in [0, 0.05) is 6.54 Å². The molecule has 0 aliphatic carbocycles. The molecule has 22 heavy (non-hydrogen) atoms. The Bertz CT molecular complexity index is 551. The Balaban J connectivity index is 1.69. The Morgan fingerprint density at radius 2 is 2.05 bits per heavy atom. The molecule has 1 aromatic heterocycles. The van der Waals surface area contributed by atoms with Gasteiger partial charge in [-0.25, -0.2) is 18.1 Å². The van der Waals surface area contributed by atoms with Crippen LogP contribution in [0.25, 0.3) is 0 Å². The van der Waals surface area contributed by atoms with Crippen LogP contribution in [0.15, 0.2) is 17.6 Å². The number of nitrogens with one attached hydrogen (secondary N) is 2. The largest absolute Gasteiger partial charge is 0.401 e. The molecule has 126 valence electrons. The number of imidazole rings is 1. The number of hydrogen-bond acceptors (Lipinski definition) is 4. The van der Waals surface area contributed by atoms with Gasteiger partial charge in [-0.1, -0.05) is 0 Å². The van der Waals surface area contributed by atoms with E-state index in [0.29, 0.717) is 32.4 Å². The first kappa shape index (κ1) is 17.2. The van der Waals surface area contributed by atoms with Gasteiger partial charge in [0.1, 0.15) is 0 Å². The fourth-order valence-electron chi connectivity index (χ4n) is 2.55. The van der Waals surface area contributed by atoms with Crippen LogP contribution in [0.5, 0.6) is 0 Å². The lowest BCUT2D eigenvalue weighted by Gasteiger charge is -2.32. The Morgan fingerprint density at radius 3 is 2.59 bits per heavy atom. The number of sulfonamides is 1. The molecule has 0 amide bonds. The van der Waals surface area contributed by atoms with Crippen LogP contribution in [0, 0.1) is 5.92 Å². The minimum absolute atomic E-state index is 0.00694. The first-order chi connectivity index (χ1) is 10.3. The summed E-state index contributed by atoms with van der Waals surface area (Å²) in [5.74, 6) is 0.244. The molecule has 0 bridgehead atoms. The summed E-state index contributed by atoms with van der Waals surface area (Å²) in [7, 11) is -3.58. The van der Waals surface area contributed by atoms with Crippen molar-refractivity contribution in [1.29, 1.82) is 0 Å². The highest BCUT2D eigenvalue weighted by molar-refractivity contribution is 7.89. The van der Waals surface area contributed by atoms with E-state index in [1.807, 2.05) is 0 Å². The Hall–Kier alpha value is -1.13. The van der Waals surface area contributed by atoms with Crippen molar-refractivity contribution in [3.8, 4) is 0 Å². The topological polar surface area (TPSA) is 78.1 Å². The van der Waals surface area contributed by atoms with Gasteiger partial charge in [-0.2, -0.15) is 13.2 Å². The molecule has 0 radical (unpaired) electrons. The molecule has 0 saturated carbocycles. The van der Waals surface area contributed by atoms with Crippen LogP contribution in [0.2, 0.25) is 0 Å². The van der Waals surface area contributed by atoms with Crippen LogP contribution in [-0.2, 0) is 10.0 Å². The summed E-state index contributed by atoms with van der Waals surface area (Å²) >= 11 is 0. The zero-order chi connectivity index (χ0) is 16.2. The van der Waals surface area contributed by atoms with Crippen molar-refractivity contribution in [2.24, 2.45) is 5.92 Å². The Labute approximate surface area is 127 Å². The summed E-state index contributed by atoms with van der Waals surface area (Å²) in [6.07, 6.45) is 0.270. The Kier molecular flexibility index (Phi) is 5.45. The van der Waals surface area contributed by atoms with Crippen LogP contribution in [0.1, 0.15) is 19.3 Å². The summed E-state index contributed by atoms with van der Waals surface area (Å²) in [6, 6.07) is 0. The van der Waals surface area contributed by atoms with Gasteiger partial charge in [0.15, 0.2) is 5.03 Å².